The van der Waals surface area contributed by atoms with Crippen molar-refractivity contribution in [1.29, 1.82) is 0 Å². The lowest BCUT2D eigenvalue weighted by Gasteiger charge is -2.27. The average molecular weight is 384 g/mol. The Kier molecular flexibility index (Phi) is 6.57. The second-order valence-corrected chi connectivity index (χ2v) is 5.80. The molecule has 96 valence electrons. The smallest absolute Gasteiger partial charge is 0.191 e. The third kappa shape index (κ3) is 4.29. The average Bonchev–Trinajstić information content (AvgIpc) is 2.73. The van der Waals surface area contributed by atoms with Crippen LogP contribution in [0.25, 0.3) is 0 Å². The number of hydrogen-bond donors (Lipinski definition) is 1. The molecule has 17 heavy (non-hydrogen) atoms. The zero-order valence-electron chi connectivity index (χ0n) is 9.76. The fraction of sp³-hybridized carbons (Fsp3) is 0.600. The van der Waals surface area contributed by atoms with Gasteiger partial charge in [-0.05, 0) is 6.92 Å². The molecule has 4 nitrogen and oxygen atoms in total. The predicted molar refractivity (Wildman–Crippen MR) is 86.5 cm³/mol. The lowest BCUT2D eigenvalue weighted by molar-refractivity contribution is 0.456. The van der Waals surface area contributed by atoms with Crippen LogP contribution in [0.2, 0.25) is 0 Å². The van der Waals surface area contributed by atoms with Crippen LogP contribution in [0.1, 0.15) is 10.6 Å². The van der Waals surface area contributed by atoms with E-state index in [0.717, 1.165) is 30.3 Å². The molecule has 0 amide bonds. The number of aromatic nitrogens is 1. The van der Waals surface area contributed by atoms with Crippen LogP contribution in [-0.4, -0.2) is 40.4 Å². The number of hydrogen-bond acceptors (Lipinski definition) is 4. The summed E-state index contributed by atoms with van der Waals surface area (Å²) in [6.07, 6.45) is 0. The van der Waals surface area contributed by atoms with Crippen LogP contribution in [-0.2, 0) is 6.54 Å². The molecule has 0 aliphatic carbocycles. The Morgan fingerprint density at radius 3 is 2.82 bits per heavy atom. The molecule has 0 unspecified atom stereocenters. The monoisotopic (exact) mass is 384 g/mol. The standard InChI is InChI=1S/C10H16N4S2.HI/c1-8-9(16-7-13-8)6-12-10(11)14-2-4-15-5-3-14;/h7H,2-6H2,1H3,(H2,11,12);1H. The number of nitrogens with two attached hydrogens (primary N) is 1. The minimum Gasteiger partial charge on any atom is -0.370 e. The van der Waals surface area contributed by atoms with Crippen molar-refractivity contribution in [2.45, 2.75) is 13.5 Å². The molecule has 1 aliphatic rings. The quantitative estimate of drug-likeness (QED) is 0.481. The number of halogens is 1. The molecule has 1 aromatic heterocycles. The van der Waals surface area contributed by atoms with Crippen LogP contribution in [0.3, 0.4) is 0 Å². The largest absolute Gasteiger partial charge is 0.370 e. The first-order chi connectivity index (χ1) is 7.77. The maximum atomic E-state index is 5.97. The molecule has 1 aliphatic heterocycles. The second-order valence-electron chi connectivity index (χ2n) is 3.63. The highest BCUT2D eigenvalue weighted by Gasteiger charge is 2.12. The molecule has 2 rings (SSSR count). The summed E-state index contributed by atoms with van der Waals surface area (Å²) in [5.41, 5.74) is 8.89. The number of aliphatic imine (C=N–C) groups is 1. The molecule has 1 aromatic rings. The zero-order chi connectivity index (χ0) is 11.4. The van der Waals surface area contributed by atoms with Crippen LogP contribution in [0.15, 0.2) is 10.5 Å². The first-order valence-electron chi connectivity index (χ1n) is 5.29. The number of aryl methyl sites for hydroxylation is 1. The van der Waals surface area contributed by atoms with Crippen molar-refractivity contribution in [1.82, 2.24) is 9.88 Å². The summed E-state index contributed by atoms with van der Waals surface area (Å²) in [4.78, 5) is 12.0. The van der Waals surface area contributed by atoms with Gasteiger partial charge in [-0.3, -0.25) is 0 Å². The van der Waals surface area contributed by atoms with Crippen molar-refractivity contribution in [2.75, 3.05) is 24.6 Å². The molecule has 1 fully saturated rings. The van der Waals surface area contributed by atoms with E-state index in [1.54, 1.807) is 11.3 Å². The number of rotatable bonds is 2. The molecule has 0 aromatic carbocycles. The van der Waals surface area contributed by atoms with Crippen LogP contribution in [0, 0.1) is 6.92 Å². The molecule has 0 radical (unpaired) electrons. The van der Waals surface area contributed by atoms with E-state index < -0.39 is 0 Å². The van der Waals surface area contributed by atoms with Crippen molar-refractivity contribution in [3.63, 3.8) is 0 Å². The second kappa shape index (κ2) is 7.42. The fourth-order valence-electron chi connectivity index (χ4n) is 1.52. The van der Waals surface area contributed by atoms with Gasteiger partial charge in [0.25, 0.3) is 0 Å². The minimum absolute atomic E-state index is 0. The molecule has 1 saturated heterocycles. The SMILES string of the molecule is Cc1ncsc1CN=C(N)N1CCSCC1.I. The molecule has 0 spiro atoms. The Morgan fingerprint density at radius 1 is 1.53 bits per heavy atom. The van der Waals surface area contributed by atoms with Gasteiger partial charge in [-0.1, -0.05) is 0 Å². The molecular weight excluding hydrogens is 367 g/mol. The third-order valence-corrected chi connectivity index (χ3v) is 4.43. The first-order valence-corrected chi connectivity index (χ1v) is 7.32. The first kappa shape index (κ1) is 15.0. The Hall–Kier alpha value is -0.0200. The van der Waals surface area contributed by atoms with Crippen molar-refractivity contribution in [3.8, 4) is 0 Å². The highest BCUT2D eigenvalue weighted by molar-refractivity contribution is 14.0. The van der Waals surface area contributed by atoms with Gasteiger partial charge in [-0.15, -0.1) is 35.3 Å². The van der Waals surface area contributed by atoms with E-state index in [2.05, 4.69) is 14.9 Å². The lowest BCUT2D eigenvalue weighted by atomic mass is 10.4. The maximum Gasteiger partial charge on any atom is 0.191 e. The van der Waals surface area contributed by atoms with E-state index in [9.17, 15) is 0 Å². The van der Waals surface area contributed by atoms with Crippen molar-refractivity contribution >= 4 is 53.0 Å². The predicted octanol–water partition coefficient (Wildman–Crippen LogP) is 1.93. The van der Waals surface area contributed by atoms with E-state index in [1.165, 1.54) is 4.88 Å². The number of nitrogens with zero attached hydrogens (tertiary/aromatic N) is 3. The number of thioether (sulfide) groups is 1. The van der Waals surface area contributed by atoms with Crippen molar-refractivity contribution in [2.24, 2.45) is 10.7 Å². The normalized spacial score (nSPS) is 16.8. The zero-order valence-corrected chi connectivity index (χ0v) is 13.7. The van der Waals surface area contributed by atoms with Gasteiger partial charge in [-0.2, -0.15) is 11.8 Å². The molecular formula is C10H17IN4S2. The van der Waals surface area contributed by atoms with Crippen LogP contribution in [0.5, 0.6) is 0 Å². The third-order valence-electron chi connectivity index (χ3n) is 2.56. The Balaban J connectivity index is 0.00000144. The number of thiazole rings is 1. The summed E-state index contributed by atoms with van der Waals surface area (Å²) < 4.78 is 0. The van der Waals surface area contributed by atoms with Gasteiger partial charge in [0, 0.05) is 29.5 Å². The highest BCUT2D eigenvalue weighted by Crippen LogP contribution is 2.14. The van der Waals surface area contributed by atoms with Crippen molar-refractivity contribution < 1.29 is 0 Å². The van der Waals surface area contributed by atoms with E-state index >= 15 is 0 Å². The molecule has 0 saturated carbocycles. The molecule has 7 heteroatoms. The van der Waals surface area contributed by atoms with Crippen LogP contribution >= 0.6 is 47.1 Å². The van der Waals surface area contributed by atoms with E-state index in [0.29, 0.717) is 12.5 Å². The summed E-state index contributed by atoms with van der Waals surface area (Å²) in [5, 5.41) is 0. The summed E-state index contributed by atoms with van der Waals surface area (Å²) in [7, 11) is 0. The van der Waals surface area contributed by atoms with Gasteiger partial charge in [0.1, 0.15) is 0 Å². The van der Waals surface area contributed by atoms with E-state index in [4.69, 9.17) is 5.73 Å². The van der Waals surface area contributed by atoms with Gasteiger partial charge in [-0.25, -0.2) is 9.98 Å². The summed E-state index contributed by atoms with van der Waals surface area (Å²) in [5.74, 6) is 2.97. The van der Waals surface area contributed by atoms with Crippen molar-refractivity contribution in [3.05, 3.63) is 16.1 Å². The minimum atomic E-state index is 0. The van der Waals surface area contributed by atoms with Crippen LogP contribution < -0.4 is 5.73 Å². The summed E-state index contributed by atoms with van der Waals surface area (Å²) in [6.45, 7) is 4.70. The van der Waals surface area contributed by atoms with Gasteiger partial charge in [0.05, 0.1) is 17.7 Å². The van der Waals surface area contributed by atoms with E-state index in [1.807, 2.05) is 24.2 Å². The van der Waals surface area contributed by atoms with Crippen LogP contribution in [0.4, 0.5) is 0 Å². The Labute approximate surface area is 127 Å². The molecule has 2 N–H and O–H groups in total. The van der Waals surface area contributed by atoms with Gasteiger partial charge < -0.3 is 10.6 Å². The molecule has 2 heterocycles. The lowest BCUT2D eigenvalue weighted by Crippen LogP contribution is -2.42. The highest BCUT2D eigenvalue weighted by atomic mass is 127. The molecule has 0 atom stereocenters. The summed E-state index contributed by atoms with van der Waals surface area (Å²) in [6, 6.07) is 0. The van der Waals surface area contributed by atoms with Gasteiger partial charge >= 0.3 is 0 Å². The Morgan fingerprint density at radius 2 is 2.24 bits per heavy atom. The maximum absolute atomic E-state index is 5.97. The Bertz CT molecular complexity index is 374. The number of guanidine groups is 1. The van der Waals surface area contributed by atoms with E-state index in [-0.39, 0.29) is 24.0 Å². The van der Waals surface area contributed by atoms with Gasteiger partial charge in [0.15, 0.2) is 5.96 Å². The summed E-state index contributed by atoms with van der Waals surface area (Å²) >= 11 is 3.62. The van der Waals surface area contributed by atoms with Gasteiger partial charge in [0.2, 0.25) is 0 Å². The topological polar surface area (TPSA) is 54.5 Å². The molecule has 0 bridgehead atoms. The fourth-order valence-corrected chi connectivity index (χ4v) is 3.13.